The van der Waals surface area contributed by atoms with Gasteiger partial charge in [0.2, 0.25) is 0 Å². The van der Waals surface area contributed by atoms with E-state index in [9.17, 15) is 0 Å². The molecule has 1 fully saturated rings. The molecule has 0 amide bonds. The number of hydrogen-bond acceptors (Lipinski definition) is 5. The lowest BCUT2D eigenvalue weighted by Gasteiger charge is -2.35. The van der Waals surface area contributed by atoms with Crippen LogP contribution in [0.4, 0.5) is 5.82 Å². The second-order valence-corrected chi connectivity index (χ2v) is 8.30. The molecular weight excluding hydrogens is 336 g/mol. The van der Waals surface area contributed by atoms with Crippen molar-refractivity contribution in [2.45, 2.75) is 32.6 Å². The summed E-state index contributed by atoms with van der Waals surface area (Å²) in [6.45, 7) is 11.7. The van der Waals surface area contributed by atoms with Gasteiger partial charge in [-0.25, -0.2) is 0 Å². The first kappa shape index (κ1) is 17.9. The number of anilines is 1. The fourth-order valence-corrected chi connectivity index (χ4v) is 3.55. The van der Waals surface area contributed by atoms with E-state index in [1.165, 1.54) is 5.56 Å². The van der Waals surface area contributed by atoms with Crippen molar-refractivity contribution in [1.29, 1.82) is 0 Å². The van der Waals surface area contributed by atoms with Crippen LogP contribution in [0, 0.1) is 0 Å². The lowest BCUT2D eigenvalue weighted by Crippen LogP contribution is -2.47. The minimum Gasteiger partial charge on any atom is -0.353 e. The van der Waals surface area contributed by atoms with E-state index < -0.39 is 0 Å². The van der Waals surface area contributed by atoms with Crippen molar-refractivity contribution in [3.8, 4) is 0 Å². The van der Waals surface area contributed by atoms with Gasteiger partial charge in [-0.2, -0.15) is 4.52 Å². The van der Waals surface area contributed by atoms with Crippen molar-refractivity contribution in [3.63, 3.8) is 0 Å². The predicted octanol–water partition coefficient (Wildman–Crippen LogP) is 2.79. The summed E-state index contributed by atoms with van der Waals surface area (Å²) in [6, 6.07) is 14.8. The number of fused-ring (bicyclic) bond motifs is 1. The number of piperazine rings is 1. The fraction of sp³-hybridized carbons (Fsp3) is 0.476. The first-order chi connectivity index (χ1) is 13.0. The van der Waals surface area contributed by atoms with Gasteiger partial charge < -0.3 is 4.90 Å². The predicted molar refractivity (Wildman–Crippen MR) is 108 cm³/mol. The van der Waals surface area contributed by atoms with Crippen LogP contribution >= 0.6 is 0 Å². The van der Waals surface area contributed by atoms with Crippen molar-refractivity contribution in [3.05, 3.63) is 53.9 Å². The van der Waals surface area contributed by atoms with E-state index in [1.807, 2.05) is 10.6 Å². The Morgan fingerprint density at radius 3 is 2.33 bits per heavy atom. The van der Waals surface area contributed by atoms with Gasteiger partial charge in [0.15, 0.2) is 11.5 Å². The van der Waals surface area contributed by atoms with E-state index >= 15 is 0 Å². The standard InChI is InChI=1S/C21H28N6/c1-21(2,3)20-23-22-18-9-10-19(24-27(18)20)26-15-13-25(14-16-26)12-11-17-7-5-4-6-8-17/h4-10H,11-16H2,1-3H3. The Morgan fingerprint density at radius 1 is 0.889 bits per heavy atom. The summed E-state index contributed by atoms with van der Waals surface area (Å²) in [5.41, 5.74) is 2.14. The molecule has 1 aromatic carbocycles. The second-order valence-electron chi connectivity index (χ2n) is 8.30. The third kappa shape index (κ3) is 3.95. The van der Waals surface area contributed by atoms with E-state index in [4.69, 9.17) is 5.10 Å². The van der Waals surface area contributed by atoms with Gasteiger partial charge >= 0.3 is 0 Å². The molecule has 0 atom stereocenters. The Balaban J connectivity index is 1.40. The van der Waals surface area contributed by atoms with Crippen LogP contribution in [0.25, 0.3) is 5.65 Å². The fourth-order valence-electron chi connectivity index (χ4n) is 3.55. The molecule has 142 valence electrons. The molecule has 6 heteroatoms. The molecule has 0 aliphatic carbocycles. The zero-order valence-electron chi connectivity index (χ0n) is 16.5. The van der Waals surface area contributed by atoms with E-state index in [0.29, 0.717) is 0 Å². The monoisotopic (exact) mass is 364 g/mol. The molecule has 0 saturated carbocycles. The summed E-state index contributed by atoms with van der Waals surface area (Å²) in [5.74, 6) is 1.91. The van der Waals surface area contributed by atoms with Crippen LogP contribution in [0.2, 0.25) is 0 Å². The Hall–Kier alpha value is -2.47. The maximum Gasteiger partial charge on any atom is 0.178 e. The smallest absolute Gasteiger partial charge is 0.178 e. The van der Waals surface area contributed by atoms with Crippen LogP contribution in [-0.4, -0.2) is 57.4 Å². The van der Waals surface area contributed by atoms with E-state index in [2.05, 4.69) is 77.2 Å². The van der Waals surface area contributed by atoms with Crippen molar-refractivity contribution in [2.75, 3.05) is 37.6 Å². The van der Waals surface area contributed by atoms with E-state index in [0.717, 1.165) is 56.4 Å². The maximum absolute atomic E-state index is 4.84. The highest BCUT2D eigenvalue weighted by molar-refractivity contribution is 5.46. The first-order valence-corrected chi connectivity index (χ1v) is 9.75. The van der Waals surface area contributed by atoms with Crippen molar-refractivity contribution < 1.29 is 0 Å². The van der Waals surface area contributed by atoms with Gasteiger partial charge in [-0.15, -0.1) is 15.3 Å². The summed E-state index contributed by atoms with van der Waals surface area (Å²) in [7, 11) is 0. The lowest BCUT2D eigenvalue weighted by molar-refractivity contribution is 0.260. The lowest BCUT2D eigenvalue weighted by atomic mass is 9.96. The van der Waals surface area contributed by atoms with Gasteiger partial charge in [0.25, 0.3) is 0 Å². The Labute approximate surface area is 160 Å². The summed E-state index contributed by atoms with van der Waals surface area (Å²) in [5, 5.41) is 13.4. The van der Waals surface area contributed by atoms with Crippen LogP contribution in [-0.2, 0) is 11.8 Å². The minimum atomic E-state index is -0.0822. The maximum atomic E-state index is 4.84. The number of benzene rings is 1. The molecule has 0 radical (unpaired) electrons. The molecule has 4 rings (SSSR count). The molecule has 27 heavy (non-hydrogen) atoms. The summed E-state index contributed by atoms with van der Waals surface area (Å²) < 4.78 is 1.90. The molecular formula is C21H28N6. The molecule has 1 saturated heterocycles. The zero-order valence-corrected chi connectivity index (χ0v) is 16.5. The molecule has 1 aliphatic heterocycles. The zero-order chi connectivity index (χ0) is 18.9. The van der Waals surface area contributed by atoms with Gasteiger partial charge in [0.1, 0.15) is 5.82 Å². The van der Waals surface area contributed by atoms with Gasteiger partial charge in [0, 0.05) is 38.1 Å². The third-order valence-corrected chi connectivity index (χ3v) is 5.18. The van der Waals surface area contributed by atoms with Crippen LogP contribution in [0.3, 0.4) is 0 Å². The second kappa shape index (κ2) is 7.27. The highest BCUT2D eigenvalue weighted by Gasteiger charge is 2.23. The number of aromatic nitrogens is 4. The van der Waals surface area contributed by atoms with Crippen LogP contribution < -0.4 is 4.90 Å². The summed E-state index contributed by atoms with van der Waals surface area (Å²) >= 11 is 0. The molecule has 3 aromatic rings. The molecule has 0 spiro atoms. The van der Waals surface area contributed by atoms with Gasteiger partial charge in [-0.1, -0.05) is 51.1 Å². The van der Waals surface area contributed by atoms with Crippen LogP contribution in [0.1, 0.15) is 32.2 Å². The molecule has 0 bridgehead atoms. The van der Waals surface area contributed by atoms with E-state index in [1.54, 1.807) is 0 Å². The van der Waals surface area contributed by atoms with Crippen molar-refractivity contribution >= 4 is 11.5 Å². The quantitative estimate of drug-likeness (QED) is 0.712. The molecule has 6 nitrogen and oxygen atoms in total. The summed E-state index contributed by atoms with van der Waals surface area (Å²) in [6.07, 6.45) is 1.11. The molecule has 2 aromatic heterocycles. The average molecular weight is 364 g/mol. The Bertz CT molecular complexity index is 888. The Kier molecular flexibility index (Phi) is 4.83. The number of nitrogens with zero attached hydrogens (tertiary/aromatic N) is 6. The highest BCUT2D eigenvalue weighted by Crippen LogP contribution is 2.22. The topological polar surface area (TPSA) is 49.6 Å². The van der Waals surface area contributed by atoms with Crippen LogP contribution in [0.5, 0.6) is 0 Å². The SMILES string of the molecule is CC(C)(C)c1nnc2ccc(N3CCN(CCc4ccccc4)CC3)nn12. The van der Waals surface area contributed by atoms with Gasteiger partial charge in [-0.05, 0) is 24.1 Å². The average Bonchev–Trinajstić information content (AvgIpc) is 3.11. The molecule has 1 aliphatic rings. The Morgan fingerprint density at radius 2 is 1.63 bits per heavy atom. The van der Waals surface area contributed by atoms with E-state index in [-0.39, 0.29) is 5.41 Å². The van der Waals surface area contributed by atoms with Crippen molar-refractivity contribution in [2.24, 2.45) is 0 Å². The minimum absolute atomic E-state index is 0.0822. The number of rotatable bonds is 4. The first-order valence-electron chi connectivity index (χ1n) is 9.75. The van der Waals surface area contributed by atoms with Gasteiger partial charge in [0.05, 0.1) is 0 Å². The summed E-state index contributed by atoms with van der Waals surface area (Å²) in [4.78, 5) is 4.91. The largest absolute Gasteiger partial charge is 0.353 e. The van der Waals surface area contributed by atoms with Gasteiger partial charge in [-0.3, -0.25) is 4.90 Å². The number of hydrogen-bond donors (Lipinski definition) is 0. The van der Waals surface area contributed by atoms with Crippen molar-refractivity contribution in [1.82, 2.24) is 24.7 Å². The molecule has 0 N–H and O–H groups in total. The normalized spacial score (nSPS) is 16.2. The molecule has 3 heterocycles. The third-order valence-electron chi connectivity index (χ3n) is 5.18. The highest BCUT2D eigenvalue weighted by atomic mass is 15.4. The van der Waals surface area contributed by atoms with Crippen LogP contribution in [0.15, 0.2) is 42.5 Å². The molecule has 0 unspecified atom stereocenters.